The van der Waals surface area contributed by atoms with Gasteiger partial charge >= 0.3 is 0 Å². The molecule has 1 N–H and O–H groups in total. The number of alkyl halides is 1. The average Bonchev–Trinajstić information content (AvgIpc) is 2.29. The molecule has 2 rings (SSSR count). The first-order chi connectivity index (χ1) is 8.09. The molecule has 1 saturated heterocycles. The summed E-state index contributed by atoms with van der Waals surface area (Å²) in [5.74, 6) is -1.48. The maximum Gasteiger partial charge on any atom is 0.260 e. The number of halogens is 2. The summed E-state index contributed by atoms with van der Waals surface area (Å²) in [5.41, 5.74) is -0.250. The van der Waals surface area contributed by atoms with Crippen molar-refractivity contribution in [2.24, 2.45) is 0 Å². The minimum atomic E-state index is -0.692. The number of carbonyl (C=O) groups excluding carboxylic acids is 1. The lowest BCUT2D eigenvalue weighted by atomic mass is 10.1. The Kier molecular flexibility index (Phi) is 3.52. The van der Waals surface area contributed by atoms with Crippen LogP contribution in [0.25, 0.3) is 0 Å². The first-order valence-corrected chi connectivity index (χ1v) is 5.94. The standard InChI is InChI=1S/C12H13ClFNO2/c13-8-4-6-15(7-5-8)12(17)11-9(14)2-1-3-10(11)16/h1-3,8,16H,4-7H2. The van der Waals surface area contributed by atoms with E-state index in [4.69, 9.17) is 11.6 Å². The highest BCUT2D eigenvalue weighted by atomic mass is 35.5. The van der Waals surface area contributed by atoms with Crippen molar-refractivity contribution in [3.63, 3.8) is 0 Å². The van der Waals surface area contributed by atoms with Crippen LogP contribution < -0.4 is 0 Å². The Bertz CT molecular complexity index is 410. The van der Waals surface area contributed by atoms with Gasteiger partial charge in [0.05, 0.1) is 0 Å². The third-order valence-corrected chi connectivity index (χ3v) is 3.35. The van der Waals surface area contributed by atoms with Crippen molar-refractivity contribution in [1.29, 1.82) is 0 Å². The second kappa shape index (κ2) is 4.92. The van der Waals surface area contributed by atoms with Crippen molar-refractivity contribution in [3.8, 4) is 5.75 Å². The number of phenols is 1. The molecule has 0 bridgehead atoms. The molecule has 0 aliphatic carbocycles. The van der Waals surface area contributed by atoms with Gasteiger partial charge in [-0.15, -0.1) is 11.6 Å². The molecular formula is C12H13ClFNO2. The number of rotatable bonds is 1. The number of likely N-dealkylation sites (tertiary alicyclic amines) is 1. The van der Waals surface area contributed by atoms with E-state index in [9.17, 15) is 14.3 Å². The third kappa shape index (κ3) is 2.52. The van der Waals surface area contributed by atoms with Gasteiger partial charge in [-0.3, -0.25) is 4.79 Å². The van der Waals surface area contributed by atoms with E-state index in [0.717, 1.165) is 0 Å². The van der Waals surface area contributed by atoms with Gasteiger partial charge in [0.15, 0.2) is 0 Å². The highest BCUT2D eigenvalue weighted by Gasteiger charge is 2.26. The number of phenolic OH excluding ortho intramolecular Hbond substituents is 1. The normalized spacial score (nSPS) is 17.2. The lowest BCUT2D eigenvalue weighted by molar-refractivity contribution is 0.0718. The third-order valence-electron chi connectivity index (χ3n) is 2.92. The number of aromatic hydroxyl groups is 1. The van der Waals surface area contributed by atoms with E-state index in [1.165, 1.54) is 23.1 Å². The maximum absolute atomic E-state index is 13.5. The van der Waals surface area contributed by atoms with Crippen LogP contribution in [0, 0.1) is 5.82 Å². The highest BCUT2D eigenvalue weighted by Crippen LogP contribution is 2.24. The number of nitrogens with zero attached hydrogens (tertiary/aromatic N) is 1. The number of benzene rings is 1. The SMILES string of the molecule is O=C(c1c(O)cccc1F)N1CCC(Cl)CC1. The summed E-state index contributed by atoms with van der Waals surface area (Å²) >= 11 is 5.93. The first-order valence-electron chi connectivity index (χ1n) is 5.50. The summed E-state index contributed by atoms with van der Waals surface area (Å²) < 4.78 is 13.5. The molecule has 5 heteroatoms. The summed E-state index contributed by atoms with van der Waals surface area (Å²) in [5, 5.41) is 9.61. The molecule has 0 spiro atoms. The molecule has 3 nitrogen and oxygen atoms in total. The zero-order chi connectivity index (χ0) is 12.4. The molecular weight excluding hydrogens is 245 g/mol. The zero-order valence-electron chi connectivity index (χ0n) is 9.20. The van der Waals surface area contributed by atoms with Crippen LogP contribution in [0.5, 0.6) is 5.75 Å². The summed E-state index contributed by atoms with van der Waals surface area (Å²) in [6.45, 7) is 1.00. The Hall–Kier alpha value is -1.29. The Morgan fingerprint density at radius 3 is 2.65 bits per heavy atom. The second-order valence-electron chi connectivity index (χ2n) is 4.10. The highest BCUT2D eigenvalue weighted by molar-refractivity contribution is 6.20. The van der Waals surface area contributed by atoms with Gasteiger partial charge in [0, 0.05) is 18.5 Å². The van der Waals surface area contributed by atoms with Gasteiger partial charge in [-0.05, 0) is 25.0 Å². The maximum atomic E-state index is 13.5. The molecule has 1 amide bonds. The smallest absolute Gasteiger partial charge is 0.260 e. The first kappa shape index (κ1) is 12.2. The molecule has 0 aromatic heterocycles. The number of hydrogen-bond donors (Lipinski definition) is 1. The van der Waals surface area contributed by atoms with Crippen LogP contribution in [0.3, 0.4) is 0 Å². The van der Waals surface area contributed by atoms with Gasteiger partial charge in [0.25, 0.3) is 5.91 Å². The van der Waals surface area contributed by atoms with E-state index in [1.54, 1.807) is 0 Å². The Morgan fingerprint density at radius 2 is 2.06 bits per heavy atom. The van der Waals surface area contributed by atoms with Crippen LogP contribution in [0.15, 0.2) is 18.2 Å². The van der Waals surface area contributed by atoms with Gasteiger partial charge in [-0.1, -0.05) is 6.07 Å². The molecule has 17 heavy (non-hydrogen) atoms. The van der Waals surface area contributed by atoms with Crippen LogP contribution in [-0.2, 0) is 0 Å². The summed E-state index contributed by atoms with van der Waals surface area (Å²) in [6.07, 6.45) is 1.39. The molecule has 0 radical (unpaired) electrons. The molecule has 1 aliphatic heterocycles. The fraction of sp³-hybridized carbons (Fsp3) is 0.417. The molecule has 0 atom stereocenters. The second-order valence-corrected chi connectivity index (χ2v) is 4.72. The van der Waals surface area contributed by atoms with Gasteiger partial charge in [0.2, 0.25) is 0 Å². The van der Waals surface area contributed by atoms with Crippen LogP contribution in [-0.4, -0.2) is 34.4 Å². The van der Waals surface area contributed by atoms with E-state index in [-0.39, 0.29) is 16.7 Å². The number of amides is 1. The topological polar surface area (TPSA) is 40.5 Å². The van der Waals surface area contributed by atoms with Crippen molar-refractivity contribution in [3.05, 3.63) is 29.6 Å². The molecule has 1 aromatic carbocycles. The van der Waals surface area contributed by atoms with Crippen LogP contribution in [0.1, 0.15) is 23.2 Å². The Labute approximate surface area is 104 Å². The van der Waals surface area contributed by atoms with Gasteiger partial charge in [-0.2, -0.15) is 0 Å². The minimum absolute atomic E-state index is 0.0771. The molecule has 1 heterocycles. The fourth-order valence-electron chi connectivity index (χ4n) is 1.93. The summed E-state index contributed by atoms with van der Waals surface area (Å²) in [6, 6.07) is 3.85. The van der Waals surface area contributed by atoms with Crippen LogP contribution >= 0.6 is 11.6 Å². The van der Waals surface area contributed by atoms with E-state index < -0.39 is 11.7 Å². The molecule has 1 aromatic rings. The molecule has 1 fully saturated rings. The van der Waals surface area contributed by atoms with Gasteiger partial charge < -0.3 is 10.0 Å². The van der Waals surface area contributed by atoms with Crippen molar-refractivity contribution in [2.45, 2.75) is 18.2 Å². The lowest BCUT2D eigenvalue weighted by Gasteiger charge is -2.29. The van der Waals surface area contributed by atoms with Gasteiger partial charge in [0.1, 0.15) is 17.1 Å². The van der Waals surface area contributed by atoms with Crippen LogP contribution in [0.2, 0.25) is 0 Å². The Morgan fingerprint density at radius 1 is 1.41 bits per heavy atom. The molecule has 0 saturated carbocycles. The number of carbonyl (C=O) groups is 1. The summed E-state index contributed by atoms with van der Waals surface area (Å²) in [4.78, 5) is 13.6. The summed E-state index contributed by atoms with van der Waals surface area (Å²) in [7, 11) is 0. The van der Waals surface area contributed by atoms with Crippen molar-refractivity contribution >= 4 is 17.5 Å². The van der Waals surface area contributed by atoms with Gasteiger partial charge in [-0.25, -0.2) is 4.39 Å². The Balaban J connectivity index is 2.20. The molecule has 92 valence electrons. The number of piperidine rings is 1. The van der Waals surface area contributed by atoms with Crippen molar-refractivity contribution in [2.75, 3.05) is 13.1 Å². The fourth-order valence-corrected chi connectivity index (χ4v) is 2.13. The quantitative estimate of drug-likeness (QED) is 0.785. The monoisotopic (exact) mass is 257 g/mol. The largest absolute Gasteiger partial charge is 0.507 e. The van der Waals surface area contributed by atoms with E-state index >= 15 is 0 Å². The predicted molar refractivity (Wildman–Crippen MR) is 62.8 cm³/mol. The molecule has 1 aliphatic rings. The average molecular weight is 258 g/mol. The van der Waals surface area contributed by atoms with E-state index in [1.807, 2.05) is 0 Å². The van der Waals surface area contributed by atoms with E-state index in [0.29, 0.717) is 25.9 Å². The zero-order valence-corrected chi connectivity index (χ0v) is 9.95. The van der Waals surface area contributed by atoms with Crippen molar-refractivity contribution < 1.29 is 14.3 Å². The van der Waals surface area contributed by atoms with Crippen LogP contribution in [0.4, 0.5) is 4.39 Å². The molecule has 0 unspecified atom stereocenters. The predicted octanol–water partition coefficient (Wildman–Crippen LogP) is 2.37. The van der Waals surface area contributed by atoms with Crippen molar-refractivity contribution in [1.82, 2.24) is 4.90 Å². The lowest BCUT2D eigenvalue weighted by Crippen LogP contribution is -2.39. The van der Waals surface area contributed by atoms with E-state index in [2.05, 4.69) is 0 Å². The minimum Gasteiger partial charge on any atom is -0.507 e. The number of hydrogen-bond acceptors (Lipinski definition) is 2.